The van der Waals surface area contributed by atoms with Gasteiger partial charge in [-0.2, -0.15) is 0 Å². The van der Waals surface area contributed by atoms with Gasteiger partial charge in [0, 0.05) is 12.6 Å². The second-order valence-electron chi connectivity index (χ2n) is 6.17. The van der Waals surface area contributed by atoms with E-state index < -0.39 is 0 Å². The fraction of sp³-hybridized carbons (Fsp3) is 0.667. The molecule has 0 aromatic heterocycles. The highest BCUT2D eigenvalue weighted by Gasteiger charge is 2.13. The van der Waals surface area contributed by atoms with Crippen LogP contribution in [0.15, 0.2) is 24.3 Å². The molecule has 1 aromatic carbocycles. The van der Waals surface area contributed by atoms with E-state index >= 15 is 0 Å². The lowest BCUT2D eigenvalue weighted by molar-refractivity contribution is 0.0271. The van der Waals surface area contributed by atoms with Crippen LogP contribution in [-0.2, 0) is 11.2 Å². The third-order valence-electron chi connectivity index (χ3n) is 4.17. The number of benzene rings is 1. The summed E-state index contributed by atoms with van der Waals surface area (Å²) in [5.74, 6) is -0.167. The molecule has 0 heterocycles. The minimum Gasteiger partial charge on any atom is -0.378 e. The molecule has 3 heteroatoms. The van der Waals surface area contributed by atoms with Crippen molar-refractivity contribution in [2.45, 2.75) is 64.0 Å². The SMILES string of the molecule is CC(Cc1ccc(F)cc1)NCCCOC1CCCCC1. The van der Waals surface area contributed by atoms with Crippen molar-refractivity contribution in [1.82, 2.24) is 5.32 Å². The van der Waals surface area contributed by atoms with Crippen LogP contribution in [0.5, 0.6) is 0 Å². The Kier molecular flexibility index (Phi) is 7.17. The molecule has 0 bridgehead atoms. The van der Waals surface area contributed by atoms with E-state index in [0.717, 1.165) is 26.0 Å². The molecule has 21 heavy (non-hydrogen) atoms. The van der Waals surface area contributed by atoms with Crippen molar-refractivity contribution in [3.05, 3.63) is 35.6 Å². The molecule has 1 aromatic rings. The zero-order valence-corrected chi connectivity index (χ0v) is 13.1. The Morgan fingerprint density at radius 2 is 1.90 bits per heavy atom. The molecule has 1 unspecified atom stereocenters. The minimum atomic E-state index is -0.167. The van der Waals surface area contributed by atoms with Crippen molar-refractivity contribution in [3.63, 3.8) is 0 Å². The van der Waals surface area contributed by atoms with Gasteiger partial charge in [0.1, 0.15) is 5.82 Å². The average molecular weight is 293 g/mol. The summed E-state index contributed by atoms with van der Waals surface area (Å²) < 4.78 is 18.7. The Bertz CT molecular complexity index is 387. The van der Waals surface area contributed by atoms with E-state index in [-0.39, 0.29) is 5.82 Å². The second kappa shape index (κ2) is 9.16. The number of nitrogens with one attached hydrogen (secondary N) is 1. The number of hydrogen-bond acceptors (Lipinski definition) is 2. The molecular weight excluding hydrogens is 265 g/mol. The maximum atomic E-state index is 12.8. The maximum Gasteiger partial charge on any atom is 0.123 e. The lowest BCUT2D eigenvalue weighted by Gasteiger charge is -2.22. The molecule has 1 saturated carbocycles. The monoisotopic (exact) mass is 293 g/mol. The van der Waals surface area contributed by atoms with Crippen LogP contribution in [0.2, 0.25) is 0 Å². The Morgan fingerprint density at radius 1 is 1.19 bits per heavy atom. The molecular formula is C18H28FNO. The molecule has 1 aliphatic rings. The van der Waals surface area contributed by atoms with Crippen LogP contribution in [-0.4, -0.2) is 25.3 Å². The summed E-state index contributed by atoms with van der Waals surface area (Å²) in [5.41, 5.74) is 1.18. The standard InChI is InChI=1S/C18H28FNO/c1-15(14-16-8-10-17(19)11-9-16)20-12-5-13-21-18-6-3-2-4-7-18/h8-11,15,18,20H,2-7,12-14H2,1H3. The van der Waals surface area contributed by atoms with Gasteiger partial charge in [0.25, 0.3) is 0 Å². The van der Waals surface area contributed by atoms with E-state index in [1.165, 1.54) is 49.8 Å². The molecule has 2 rings (SSSR count). The molecule has 118 valence electrons. The third-order valence-corrected chi connectivity index (χ3v) is 4.17. The van der Waals surface area contributed by atoms with Crippen molar-refractivity contribution in [2.75, 3.05) is 13.2 Å². The zero-order valence-electron chi connectivity index (χ0n) is 13.1. The fourth-order valence-electron chi connectivity index (χ4n) is 2.95. The van der Waals surface area contributed by atoms with E-state index in [1.54, 1.807) is 0 Å². The van der Waals surface area contributed by atoms with Crippen molar-refractivity contribution in [2.24, 2.45) is 0 Å². The maximum absolute atomic E-state index is 12.8. The largest absolute Gasteiger partial charge is 0.378 e. The van der Waals surface area contributed by atoms with Gasteiger partial charge in [-0.1, -0.05) is 31.4 Å². The van der Waals surface area contributed by atoms with Gasteiger partial charge in [0.15, 0.2) is 0 Å². The lowest BCUT2D eigenvalue weighted by Crippen LogP contribution is -2.30. The highest BCUT2D eigenvalue weighted by atomic mass is 19.1. The summed E-state index contributed by atoms with van der Waals surface area (Å²) in [7, 11) is 0. The second-order valence-corrected chi connectivity index (χ2v) is 6.17. The van der Waals surface area contributed by atoms with Crippen LogP contribution >= 0.6 is 0 Å². The predicted octanol–water partition coefficient (Wildman–Crippen LogP) is 4.09. The Balaban J connectivity index is 1.52. The van der Waals surface area contributed by atoms with Crippen LogP contribution in [0.1, 0.15) is 51.0 Å². The number of ether oxygens (including phenoxy) is 1. The van der Waals surface area contributed by atoms with Gasteiger partial charge >= 0.3 is 0 Å². The Hall–Kier alpha value is -0.930. The van der Waals surface area contributed by atoms with E-state index in [0.29, 0.717) is 12.1 Å². The van der Waals surface area contributed by atoms with Crippen LogP contribution in [0.3, 0.4) is 0 Å². The molecule has 2 nitrogen and oxygen atoms in total. The quantitative estimate of drug-likeness (QED) is 0.729. The first-order chi connectivity index (χ1) is 10.2. The average Bonchev–Trinajstić information content (AvgIpc) is 2.50. The van der Waals surface area contributed by atoms with Crippen LogP contribution in [0, 0.1) is 5.82 Å². The van der Waals surface area contributed by atoms with Crippen molar-refractivity contribution in [1.29, 1.82) is 0 Å². The fourth-order valence-corrected chi connectivity index (χ4v) is 2.95. The first-order valence-electron chi connectivity index (χ1n) is 8.33. The zero-order chi connectivity index (χ0) is 14.9. The summed E-state index contributed by atoms with van der Waals surface area (Å²) in [6.45, 7) is 4.02. The van der Waals surface area contributed by atoms with Gasteiger partial charge in [-0.3, -0.25) is 0 Å². The molecule has 0 spiro atoms. The van der Waals surface area contributed by atoms with Gasteiger partial charge in [-0.25, -0.2) is 4.39 Å². The Morgan fingerprint density at radius 3 is 2.62 bits per heavy atom. The molecule has 0 aliphatic heterocycles. The van der Waals surface area contributed by atoms with E-state index in [2.05, 4.69) is 12.2 Å². The highest BCUT2D eigenvalue weighted by molar-refractivity contribution is 5.16. The summed E-state index contributed by atoms with van der Waals surface area (Å²) in [6, 6.07) is 7.18. The van der Waals surface area contributed by atoms with E-state index in [1.807, 2.05) is 12.1 Å². The topological polar surface area (TPSA) is 21.3 Å². The minimum absolute atomic E-state index is 0.167. The summed E-state index contributed by atoms with van der Waals surface area (Å²) in [4.78, 5) is 0. The summed E-state index contributed by atoms with van der Waals surface area (Å²) in [5, 5.41) is 3.51. The third kappa shape index (κ3) is 6.58. The van der Waals surface area contributed by atoms with Crippen molar-refractivity contribution in [3.8, 4) is 0 Å². The summed E-state index contributed by atoms with van der Waals surface area (Å²) >= 11 is 0. The number of rotatable bonds is 8. The van der Waals surface area contributed by atoms with Gasteiger partial charge < -0.3 is 10.1 Å². The molecule has 1 fully saturated rings. The first kappa shape index (κ1) is 16.4. The predicted molar refractivity (Wildman–Crippen MR) is 85.0 cm³/mol. The molecule has 1 N–H and O–H groups in total. The first-order valence-corrected chi connectivity index (χ1v) is 8.33. The smallest absolute Gasteiger partial charge is 0.123 e. The molecule has 0 radical (unpaired) electrons. The molecule has 1 atom stereocenters. The van der Waals surface area contributed by atoms with Crippen LogP contribution in [0.25, 0.3) is 0 Å². The Labute approximate surface area is 128 Å². The van der Waals surface area contributed by atoms with Gasteiger partial charge in [0.05, 0.1) is 6.10 Å². The molecule has 0 amide bonds. The van der Waals surface area contributed by atoms with Gasteiger partial charge in [-0.15, -0.1) is 0 Å². The van der Waals surface area contributed by atoms with Gasteiger partial charge in [-0.05, 0) is 56.8 Å². The van der Waals surface area contributed by atoms with Gasteiger partial charge in [0.2, 0.25) is 0 Å². The number of halogens is 1. The van der Waals surface area contributed by atoms with Crippen LogP contribution < -0.4 is 5.32 Å². The van der Waals surface area contributed by atoms with E-state index in [9.17, 15) is 4.39 Å². The van der Waals surface area contributed by atoms with Crippen molar-refractivity contribution < 1.29 is 9.13 Å². The lowest BCUT2D eigenvalue weighted by atomic mass is 9.98. The molecule has 1 aliphatic carbocycles. The van der Waals surface area contributed by atoms with E-state index in [4.69, 9.17) is 4.74 Å². The number of hydrogen-bond donors (Lipinski definition) is 1. The summed E-state index contributed by atoms with van der Waals surface area (Å²) in [6.07, 6.45) is 9.03. The normalized spacial score (nSPS) is 17.8. The highest BCUT2D eigenvalue weighted by Crippen LogP contribution is 2.20. The van der Waals surface area contributed by atoms with Crippen molar-refractivity contribution >= 4 is 0 Å². The van der Waals surface area contributed by atoms with Crippen LogP contribution in [0.4, 0.5) is 4.39 Å². The molecule has 0 saturated heterocycles.